The summed E-state index contributed by atoms with van der Waals surface area (Å²) in [4.78, 5) is 0. The Morgan fingerprint density at radius 1 is 1.26 bits per heavy atom. The largest absolute Gasteiger partial charge is 0.493 e. The third-order valence-corrected chi connectivity index (χ3v) is 4.45. The van der Waals surface area contributed by atoms with Crippen LogP contribution in [0.15, 0.2) is 21.7 Å². The lowest BCUT2D eigenvalue weighted by atomic mass is 9.96. The Kier molecular flexibility index (Phi) is 7.11. The number of rotatable bonds is 5. The van der Waals surface area contributed by atoms with Gasteiger partial charge in [0.2, 0.25) is 0 Å². The van der Waals surface area contributed by atoms with Crippen LogP contribution in [0.25, 0.3) is 0 Å². The first kappa shape index (κ1) is 18.0. The van der Waals surface area contributed by atoms with E-state index in [9.17, 15) is 0 Å². The summed E-state index contributed by atoms with van der Waals surface area (Å²) in [6.07, 6.45) is 7.85. The molecule has 2 N–H and O–H groups in total. The van der Waals surface area contributed by atoms with Gasteiger partial charge in [-0.05, 0) is 37.2 Å². The monoisotopic (exact) mass is 399 g/mol. The maximum absolute atomic E-state index is 5.39. The molecule has 0 bridgehead atoms. The van der Waals surface area contributed by atoms with Crippen LogP contribution in [0.1, 0.15) is 37.7 Å². The fourth-order valence-corrected chi connectivity index (χ4v) is 3.35. The average molecular weight is 400 g/mol. The number of methoxy groups -OCH3 is 2. The number of halogens is 1. The van der Waals surface area contributed by atoms with Crippen LogP contribution >= 0.6 is 28.1 Å². The summed E-state index contributed by atoms with van der Waals surface area (Å²) < 4.78 is 11.6. The Bertz CT molecular complexity index is 575. The van der Waals surface area contributed by atoms with Crippen LogP contribution in [0, 0.1) is 0 Å². The lowest BCUT2D eigenvalue weighted by molar-refractivity contribution is 0.354. The van der Waals surface area contributed by atoms with Crippen LogP contribution in [0.4, 0.5) is 0 Å². The number of benzene rings is 1. The van der Waals surface area contributed by atoms with Crippen molar-refractivity contribution in [2.24, 2.45) is 5.10 Å². The van der Waals surface area contributed by atoms with Crippen LogP contribution in [0.3, 0.4) is 0 Å². The Hall–Kier alpha value is -1.34. The molecule has 23 heavy (non-hydrogen) atoms. The topological polar surface area (TPSA) is 54.9 Å². The molecule has 1 aliphatic rings. The molecule has 0 aromatic heterocycles. The van der Waals surface area contributed by atoms with Gasteiger partial charge in [0.25, 0.3) is 0 Å². The molecule has 1 fully saturated rings. The van der Waals surface area contributed by atoms with Gasteiger partial charge in [0, 0.05) is 16.1 Å². The van der Waals surface area contributed by atoms with E-state index in [-0.39, 0.29) is 0 Å². The zero-order chi connectivity index (χ0) is 16.7. The van der Waals surface area contributed by atoms with Crippen molar-refractivity contribution in [3.05, 3.63) is 22.2 Å². The van der Waals surface area contributed by atoms with Gasteiger partial charge < -0.3 is 14.8 Å². The molecule has 5 nitrogen and oxygen atoms in total. The number of ether oxygens (including phenoxy) is 2. The molecule has 0 atom stereocenters. The minimum absolute atomic E-state index is 0.458. The summed E-state index contributed by atoms with van der Waals surface area (Å²) >= 11 is 8.73. The van der Waals surface area contributed by atoms with Gasteiger partial charge in [-0.1, -0.05) is 35.2 Å². The van der Waals surface area contributed by atoms with E-state index in [0.29, 0.717) is 22.7 Å². The van der Waals surface area contributed by atoms with Crippen molar-refractivity contribution in [3.8, 4) is 11.5 Å². The minimum atomic E-state index is 0.458. The van der Waals surface area contributed by atoms with Gasteiger partial charge >= 0.3 is 0 Å². The lowest BCUT2D eigenvalue weighted by Crippen LogP contribution is -2.40. The smallest absolute Gasteiger partial charge is 0.187 e. The highest BCUT2D eigenvalue weighted by Gasteiger charge is 2.14. The average Bonchev–Trinajstić information content (AvgIpc) is 2.55. The molecule has 0 heterocycles. The summed E-state index contributed by atoms with van der Waals surface area (Å²) in [5.74, 6) is 1.28. The zero-order valence-electron chi connectivity index (χ0n) is 13.4. The normalized spacial score (nSPS) is 15.4. The molecule has 0 aliphatic heterocycles. The molecule has 2 rings (SSSR count). The maximum Gasteiger partial charge on any atom is 0.187 e. The minimum Gasteiger partial charge on any atom is -0.493 e. The van der Waals surface area contributed by atoms with Crippen LogP contribution in [0.2, 0.25) is 0 Å². The van der Waals surface area contributed by atoms with Crippen LogP contribution in [-0.4, -0.2) is 31.6 Å². The molecule has 1 aromatic carbocycles. The van der Waals surface area contributed by atoms with E-state index >= 15 is 0 Å². The van der Waals surface area contributed by atoms with E-state index in [4.69, 9.17) is 21.7 Å². The summed E-state index contributed by atoms with van der Waals surface area (Å²) in [5.41, 5.74) is 3.66. The SMILES string of the molecule is COc1cc(Br)cc(/C=N\NC(=S)NC2CCCCC2)c1OC. The summed E-state index contributed by atoms with van der Waals surface area (Å²) in [6, 6.07) is 4.21. The number of hydrogen-bond acceptors (Lipinski definition) is 4. The molecule has 0 unspecified atom stereocenters. The molecule has 1 aromatic rings. The molecular weight excluding hydrogens is 378 g/mol. The molecule has 0 radical (unpaired) electrons. The second-order valence-corrected chi connectivity index (χ2v) is 6.73. The third kappa shape index (κ3) is 5.35. The zero-order valence-corrected chi connectivity index (χ0v) is 15.8. The fourth-order valence-electron chi connectivity index (χ4n) is 2.68. The first-order valence-corrected chi connectivity index (χ1v) is 8.85. The number of hydrazone groups is 1. The van der Waals surface area contributed by atoms with Gasteiger partial charge in [0.1, 0.15) is 0 Å². The van der Waals surface area contributed by atoms with Crippen molar-refractivity contribution in [1.82, 2.24) is 10.7 Å². The predicted octanol–water partition coefficient (Wildman–Crippen LogP) is 3.60. The molecule has 0 amide bonds. The van der Waals surface area contributed by atoms with E-state index in [0.717, 1.165) is 10.0 Å². The molecule has 0 spiro atoms. The molecule has 1 saturated carbocycles. The number of hydrogen-bond donors (Lipinski definition) is 2. The second-order valence-electron chi connectivity index (χ2n) is 5.41. The second kappa shape index (κ2) is 9.08. The highest BCUT2D eigenvalue weighted by Crippen LogP contribution is 2.33. The van der Waals surface area contributed by atoms with Gasteiger partial charge in [0.15, 0.2) is 16.6 Å². The number of thiocarbonyl (C=S) groups is 1. The van der Waals surface area contributed by atoms with E-state index < -0.39 is 0 Å². The van der Waals surface area contributed by atoms with Gasteiger partial charge in [0.05, 0.1) is 20.4 Å². The third-order valence-electron chi connectivity index (χ3n) is 3.78. The molecular formula is C16H22BrN3O2S. The van der Waals surface area contributed by atoms with E-state index in [1.807, 2.05) is 12.1 Å². The molecule has 1 aliphatic carbocycles. The highest BCUT2D eigenvalue weighted by atomic mass is 79.9. The summed E-state index contributed by atoms with van der Waals surface area (Å²) in [5, 5.41) is 8.06. The Morgan fingerprint density at radius 2 is 2.00 bits per heavy atom. The fraction of sp³-hybridized carbons (Fsp3) is 0.500. The van der Waals surface area contributed by atoms with Crippen LogP contribution in [0.5, 0.6) is 11.5 Å². The first-order chi connectivity index (χ1) is 11.1. The van der Waals surface area contributed by atoms with Gasteiger partial charge in [-0.15, -0.1) is 0 Å². The summed E-state index contributed by atoms with van der Waals surface area (Å²) in [7, 11) is 3.21. The van der Waals surface area contributed by atoms with Crippen LogP contribution in [-0.2, 0) is 0 Å². The first-order valence-electron chi connectivity index (χ1n) is 7.65. The Balaban J connectivity index is 1.96. The molecule has 7 heteroatoms. The molecule has 126 valence electrons. The maximum atomic E-state index is 5.39. The Morgan fingerprint density at radius 3 is 2.65 bits per heavy atom. The predicted molar refractivity (Wildman–Crippen MR) is 101 cm³/mol. The standard InChI is InChI=1S/C16H22BrN3O2S/c1-21-14-9-12(17)8-11(15(14)22-2)10-18-20-16(23)19-13-6-4-3-5-7-13/h8-10,13H,3-7H2,1-2H3,(H2,19,20,23)/b18-10-. The van der Waals surface area contributed by atoms with E-state index in [2.05, 4.69) is 31.8 Å². The van der Waals surface area contributed by atoms with Crippen molar-refractivity contribution in [1.29, 1.82) is 0 Å². The van der Waals surface area contributed by atoms with Gasteiger partial charge in [-0.3, -0.25) is 5.43 Å². The van der Waals surface area contributed by atoms with Crippen molar-refractivity contribution < 1.29 is 9.47 Å². The van der Waals surface area contributed by atoms with Crippen molar-refractivity contribution in [2.45, 2.75) is 38.1 Å². The lowest BCUT2D eigenvalue weighted by Gasteiger charge is -2.23. The van der Waals surface area contributed by atoms with E-state index in [1.54, 1.807) is 20.4 Å². The number of nitrogens with zero attached hydrogens (tertiary/aromatic N) is 1. The quantitative estimate of drug-likeness (QED) is 0.450. The van der Waals surface area contributed by atoms with Gasteiger partial charge in [-0.2, -0.15) is 5.10 Å². The number of nitrogens with one attached hydrogen (secondary N) is 2. The molecule has 0 saturated heterocycles. The van der Waals surface area contributed by atoms with Crippen molar-refractivity contribution in [3.63, 3.8) is 0 Å². The van der Waals surface area contributed by atoms with E-state index in [1.165, 1.54) is 32.1 Å². The van der Waals surface area contributed by atoms with Gasteiger partial charge in [-0.25, -0.2) is 0 Å². The van der Waals surface area contributed by atoms with Crippen LogP contribution < -0.4 is 20.2 Å². The Labute approximate surface area is 150 Å². The summed E-state index contributed by atoms with van der Waals surface area (Å²) in [6.45, 7) is 0. The van der Waals surface area contributed by atoms with Crippen molar-refractivity contribution >= 4 is 39.5 Å². The highest BCUT2D eigenvalue weighted by molar-refractivity contribution is 9.10. The van der Waals surface area contributed by atoms with Crippen molar-refractivity contribution in [2.75, 3.05) is 14.2 Å².